The highest BCUT2D eigenvalue weighted by Gasteiger charge is 2.24. The summed E-state index contributed by atoms with van der Waals surface area (Å²) in [6, 6.07) is 17.5. The van der Waals surface area contributed by atoms with E-state index >= 15 is 0 Å². The molecule has 0 fully saturated rings. The quantitative estimate of drug-likeness (QED) is 0.716. The minimum absolute atomic E-state index is 0.318. The number of hydrogen-bond donors (Lipinski definition) is 2. The number of aromatic nitrogens is 2. The van der Waals surface area contributed by atoms with Gasteiger partial charge in [0.25, 0.3) is 0 Å². The van der Waals surface area contributed by atoms with Crippen LogP contribution in [-0.2, 0) is 0 Å². The highest BCUT2D eigenvalue weighted by Crippen LogP contribution is 2.32. The molecule has 8 heteroatoms. The minimum atomic E-state index is -0.498. The van der Waals surface area contributed by atoms with Gasteiger partial charge in [0.05, 0.1) is 5.69 Å². The number of para-hydroxylation sites is 1. The van der Waals surface area contributed by atoms with E-state index in [0.717, 1.165) is 22.5 Å². The lowest BCUT2D eigenvalue weighted by Crippen LogP contribution is -2.46. The number of hydrogen-bond acceptors (Lipinski definition) is 6. The van der Waals surface area contributed by atoms with Gasteiger partial charge in [0.15, 0.2) is 12.1 Å². The van der Waals surface area contributed by atoms with Gasteiger partial charge >= 0.3 is 0 Å². The van der Waals surface area contributed by atoms with Gasteiger partial charge in [0.1, 0.15) is 5.69 Å². The Hall–Kier alpha value is -3.32. The van der Waals surface area contributed by atoms with Crippen LogP contribution in [0.25, 0.3) is 16.9 Å². The molecule has 0 bridgehead atoms. The summed E-state index contributed by atoms with van der Waals surface area (Å²) < 4.78 is 1.83. The van der Waals surface area contributed by atoms with Crippen LogP contribution in [0.1, 0.15) is 11.7 Å². The molecule has 0 saturated carbocycles. The van der Waals surface area contributed by atoms with E-state index in [2.05, 4.69) is 10.3 Å². The molecular weight excluding hydrogens is 374 g/mol. The first-order valence-corrected chi connectivity index (χ1v) is 9.15. The van der Waals surface area contributed by atoms with Gasteiger partial charge in [-0.05, 0) is 24.3 Å². The largest absolute Gasteiger partial charge is 0.370 e. The van der Waals surface area contributed by atoms with Gasteiger partial charge in [0.2, 0.25) is 5.96 Å². The Morgan fingerprint density at radius 3 is 2.43 bits per heavy atom. The van der Waals surface area contributed by atoms with E-state index < -0.39 is 6.17 Å². The van der Waals surface area contributed by atoms with Crippen LogP contribution < -0.4 is 11.1 Å². The molecule has 3 N–H and O–H groups in total. The molecule has 1 unspecified atom stereocenters. The normalized spacial score (nSPS) is 16.2. The monoisotopic (exact) mass is 393 g/mol. The van der Waals surface area contributed by atoms with Crippen molar-refractivity contribution in [1.82, 2.24) is 20.0 Å². The second-order valence-electron chi connectivity index (χ2n) is 6.58. The summed E-state index contributed by atoms with van der Waals surface area (Å²) in [6.45, 7) is 0. The number of nitrogens with zero attached hydrogens (tertiary/aromatic N) is 5. The number of guanidine groups is 2. The molecule has 0 spiro atoms. The van der Waals surface area contributed by atoms with E-state index in [-0.39, 0.29) is 0 Å². The number of rotatable bonds is 3. The Balaban J connectivity index is 1.86. The van der Waals surface area contributed by atoms with Crippen LogP contribution in [0.2, 0.25) is 5.02 Å². The van der Waals surface area contributed by atoms with E-state index in [1.54, 1.807) is 0 Å². The molecule has 0 radical (unpaired) electrons. The molecule has 1 atom stereocenters. The predicted molar refractivity (Wildman–Crippen MR) is 113 cm³/mol. The van der Waals surface area contributed by atoms with Crippen LogP contribution in [0.3, 0.4) is 0 Å². The molecule has 0 aliphatic carbocycles. The smallest absolute Gasteiger partial charge is 0.202 e. The first kappa shape index (κ1) is 18.1. The van der Waals surface area contributed by atoms with Gasteiger partial charge in [0, 0.05) is 36.4 Å². The Bertz CT molecular complexity index is 1040. The Morgan fingerprint density at radius 2 is 1.75 bits per heavy atom. The summed E-state index contributed by atoms with van der Waals surface area (Å²) in [4.78, 5) is 11.0. The third kappa shape index (κ3) is 3.57. The third-order valence-electron chi connectivity index (χ3n) is 4.33. The lowest BCUT2D eigenvalue weighted by molar-refractivity contribution is 0.579. The summed E-state index contributed by atoms with van der Waals surface area (Å²) in [6.07, 6.45) is 1.45. The van der Waals surface area contributed by atoms with Gasteiger partial charge < -0.3 is 10.6 Å². The lowest BCUT2D eigenvalue weighted by Gasteiger charge is -2.23. The van der Waals surface area contributed by atoms with Crippen LogP contribution >= 0.6 is 11.6 Å². The molecule has 28 heavy (non-hydrogen) atoms. The van der Waals surface area contributed by atoms with Crippen LogP contribution in [-0.4, -0.2) is 40.7 Å². The fourth-order valence-electron chi connectivity index (χ4n) is 2.94. The van der Waals surface area contributed by atoms with Gasteiger partial charge in [-0.2, -0.15) is 5.10 Å². The van der Waals surface area contributed by atoms with Crippen molar-refractivity contribution >= 4 is 23.5 Å². The van der Waals surface area contributed by atoms with E-state index in [1.807, 2.05) is 84.5 Å². The molecular formula is C20H20ClN7. The summed E-state index contributed by atoms with van der Waals surface area (Å²) in [5.74, 6) is 0.963. The zero-order valence-electron chi connectivity index (χ0n) is 15.5. The molecule has 142 valence electrons. The number of nitrogens with one attached hydrogen (secondary N) is 1. The summed E-state index contributed by atoms with van der Waals surface area (Å²) in [5.41, 5.74) is 9.53. The third-order valence-corrected chi connectivity index (χ3v) is 4.58. The zero-order chi connectivity index (χ0) is 19.7. The highest BCUT2D eigenvalue weighted by molar-refractivity contribution is 6.30. The minimum Gasteiger partial charge on any atom is -0.370 e. The van der Waals surface area contributed by atoms with Crippen LogP contribution in [0.4, 0.5) is 0 Å². The van der Waals surface area contributed by atoms with Crippen molar-refractivity contribution in [3.8, 4) is 16.9 Å². The Morgan fingerprint density at radius 1 is 1.04 bits per heavy atom. The van der Waals surface area contributed by atoms with Crippen molar-refractivity contribution in [3.05, 3.63) is 71.4 Å². The number of benzene rings is 2. The molecule has 1 aliphatic heterocycles. The first-order chi connectivity index (χ1) is 13.5. The van der Waals surface area contributed by atoms with E-state index in [4.69, 9.17) is 27.4 Å². The molecule has 2 aromatic carbocycles. The molecule has 3 aromatic rings. The van der Waals surface area contributed by atoms with E-state index in [1.165, 1.54) is 0 Å². The van der Waals surface area contributed by atoms with Crippen LogP contribution in [0.5, 0.6) is 0 Å². The number of aliphatic imine (C=N–C) groups is 2. The summed E-state index contributed by atoms with van der Waals surface area (Å²) >= 11 is 6.06. The Labute approximate surface area is 168 Å². The van der Waals surface area contributed by atoms with Crippen LogP contribution in [0, 0.1) is 0 Å². The average molecular weight is 394 g/mol. The zero-order valence-corrected chi connectivity index (χ0v) is 16.3. The van der Waals surface area contributed by atoms with Crippen molar-refractivity contribution in [2.24, 2.45) is 15.7 Å². The maximum Gasteiger partial charge on any atom is 0.202 e. The first-order valence-electron chi connectivity index (χ1n) is 8.77. The maximum absolute atomic E-state index is 6.06. The van der Waals surface area contributed by atoms with Crippen molar-refractivity contribution in [3.63, 3.8) is 0 Å². The highest BCUT2D eigenvalue weighted by atomic mass is 35.5. The maximum atomic E-state index is 6.06. The topological polar surface area (TPSA) is 83.8 Å². The molecule has 7 nitrogen and oxygen atoms in total. The molecule has 2 heterocycles. The summed E-state index contributed by atoms with van der Waals surface area (Å²) in [5, 5.41) is 8.46. The SMILES string of the molecule is CN(C)C1=NC(c2cn(-c3ccccc3)nc2-c2ccc(Cl)cc2)N=C(N)N1. The fraction of sp³-hybridized carbons (Fsp3) is 0.150. The van der Waals surface area contributed by atoms with E-state index in [9.17, 15) is 0 Å². The molecule has 1 aliphatic rings. The van der Waals surface area contributed by atoms with Crippen molar-refractivity contribution in [2.75, 3.05) is 14.1 Å². The molecule has 4 rings (SSSR count). The molecule has 0 amide bonds. The predicted octanol–water partition coefficient (Wildman–Crippen LogP) is 3.03. The number of halogens is 1. The standard InChI is InChI=1S/C20H20ClN7/c1-27(2)20-24-18(23-19(22)25-20)16-12-28(15-6-4-3-5-7-15)26-17(16)13-8-10-14(21)11-9-13/h3-12,18H,1-2H3,(H3,22,23,24,25). The van der Waals surface area contributed by atoms with Crippen molar-refractivity contribution in [2.45, 2.75) is 6.17 Å². The average Bonchev–Trinajstić information content (AvgIpc) is 3.14. The second kappa shape index (κ2) is 7.36. The van der Waals surface area contributed by atoms with E-state index in [0.29, 0.717) is 16.9 Å². The van der Waals surface area contributed by atoms with Crippen LogP contribution in [0.15, 0.2) is 70.8 Å². The van der Waals surface area contributed by atoms with Gasteiger partial charge in [-0.25, -0.2) is 14.7 Å². The van der Waals surface area contributed by atoms with Crippen molar-refractivity contribution < 1.29 is 0 Å². The Kier molecular flexibility index (Phi) is 4.75. The van der Waals surface area contributed by atoms with Gasteiger partial charge in [-0.1, -0.05) is 41.9 Å². The fourth-order valence-corrected chi connectivity index (χ4v) is 3.07. The molecule has 0 saturated heterocycles. The summed E-state index contributed by atoms with van der Waals surface area (Å²) in [7, 11) is 3.80. The number of nitrogens with two attached hydrogens (primary N) is 1. The molecule has 1 aromatic heterocycles. The van der Waals surface area contributed by atoms with Gasteiger partial charge in [-0.3, -0.25) is 5.32 Å². The second-order valence-corrected chi connectivity index (χ2v) is 7.02. The lowest BCUT2D eigenvalue weighted by atomic mass is 10.1. The van der Waals surface area contributed by atoms with Gasteiger partial charge in [-0.15, -0.1) is 0 Å². The van der Waals surface area contributed by atoms with Crippen molar-refractivity contribution in [1.29, 1.82) is 0 Å².